The standard InChI is InChI=1S/C19H19N3O4S3/c1-21(29(24,25)17-7-4-8-27-17)15-6-3-5-13-9-16(22(12-26-2)18(13)15)19-20-10-14(11-23)28-19/h3-10,23H,11-12H2,1-2H3. The number of benzene rings is 1. The first kappa shape index (κ1) is 20.0. The van der Waals surface area contributed by atoms with Gasteiger partial charge in [-0.3, -0.25) is 4.31 Å². The van der Waals surface area contributed by atoms with Crippen LogP contribution >= 0.6 is 22.7 Å². The van der Waals surface area contributed by atoms with Gasteiger partial charge in [0.25, 0.3) is 10.0 Å². The molecule has 0 radical (unpaired) electrons. The van der Waals surface area contributed by atoms with Crippen LogP contribution in [-0.2, 0) is 28.1 Å². The van der Waals surface area contributed by atoms with Crippen LogP contribution in [0.4, 0.5) is 5.69 Å². The molecule has 29 heavy (non-hydrogen) atoms. The number of hydrogen-bond donors (Lipinski definition) is 1. The normalized spacial score (nSPS) is 12.0. The third kappa shape index (κ3) is 3.47. The number of thiazole rings is 1. The number of aromatic nitrogens is 2. The van der Waals surface area contributed by atoms with Crippen LogP contribution in [0.2, 0.25) is 0 Å². The molecule has 4 aromatic rings. The molecule has 152 valence electrons. The van der Waals surface area contributed by atoms with Gasteiger partial charge in [-0.15, -0.1) is 22.7 Å². The number of sulfonamides is 1. The van der Waals surface area contributed by atoms with E-state index in [1.165, 1.54) is 27.0 Å². The minimum Gasteiger partial charge on any atom is -0.391 e. The summed E-state index contributed by atoms with van der Waals surface area (Å²) in [7, 11) is -0.530. The van der Waals surface area contributed by atoms with E-state index >= 15 is 0 Å². The molecule has 1 N–H and O–H groups in total. The molecule has 0 saturated heterocycles. The van der Waals surface area contributed by atoms with E-state index in [-0.39, 0.29) is 17.5 Å². The molecule has 0 aliphatic rings. The second-order valence-electron chi connectivity index (χ2n) is 6.28. The van der Waals surface area contributed by atoms with Crippen molar-refractivity contribution in [2.75, 3.05) is 18.5 Å². The molecule has 4 rings (SSSR count). The predicted octanol–water partition coefficient (Wildman–Crippen LogP) is 3.75. The quantitative estimate of drug-likeness (QED) is 0.465. The minimum absolute atomic E-state index is 0.0742. The number of methoxy groups -OCH3 is 1. The Kier molecular flexibility index (Phi) is 5.45. The molecular formula is C19H19N3O4S3. The fourth-order valence-electron chi connectivity index (χ4n) is 3.17. The van der Waals surface area contributed by atoms with Crippen LogP contribution in [0.5, 0.6) is 0 Å². The van der Waals surface area contributed by atoms with Crippen molar-refractivity contribution in [1.29, 1.82) is 0 Å². The molecule has 0 atom stereocenters. The molecule has 0 aliphatic heterocycles. The van der Waals surface area contributed by atoms with Gasteiger partial charge in [0.2, 0.25) is 0 Å². The van der Waals surface area contributed by atoms with Crippen molar-refractivity contribution in [2.24, 2.45) is 0 Å². The zero-order valence-corrected chi connectivity index (χ0v) is 18.2. The van der Waals surface area contributed by atoms with Gasteiger partial charge in [0.1, 0.15) is 15.9 Å². The molecule has 0 bridgehead atoms. The number of nitrogens with zero attached hydrogens (tertiary/aromatic N) is 3. The Hall–Kier alpha value is -2.24. The highest BCUT2D eigenvalue weighted by molar-refractivity contribution is 7.94. The first-order valence-electron chi connectivity index (χ1n) is 8.67. The van der Waals surface area contributed by atoms with Crippen LogP contribution < -0.4 is 4.31 Å². The summed E-state index contributed by atoms with van der Waals surface area (Å²) in [6.07, 6.45) is 1.64. The average molecular weight is 450 g/mol. The highest BCUT2D eigenvalue weighted by Gasteiger charge is 2.26. The number of rotatable bonds is 7. The highest BCUT2D eigenvalue weighted by Crippen LogP contribution is 2.37. The van der Waals surface area contributed by atoms with Crippen LogP contribution in [0.15, 0.2) is 52.2 Å². The first-order chi connectivity index (χ1) is 14.0. The van der Waals surface area contributed by atoms with E-state index in [4.69, 9.17) is 4.74 Å². The predicted molar refractivity (Wildman–Crippen MR) is 116 cm³/mol. The van der Waals surface area contributed by atoms with E-state index in [1.807, 2.05) is 22.8 Å². The SMILES string of the molecule is COCn1c(-c2ncc(CO)s2)cc2cccc(N(C)S(=O)(=O)c3cccs3)c21. The van der Waals surface area contributed by atoms with Crippen molar-refractivity contribution in [3.05, 3.63) is 52.9 Å². The molecule has 0 saturated carbocycles. The van der Waals surface area contributed by atoms with E-state index < -0.39 is 10.0 Å². The molecule has 0 spiro atoms. The van der Waals surface area contributed by atoms with Gasteiger partial charge in [0.05, 0.1) is 28.4 Å². The average Bonchev–Trinajstić information content (AvgIpc) is 3.46. The molecule has 0 aliphatic carbocycles. The molecule has 0 fully saturated rings. The van der Waals surface area contributed by atoms with Crippen molar-refractivity contribution in [3.63, 3.8) is 0 Å². The number of hydrogen-bond acceptors (Lipinski definition) is 7. The largest absolute Gasteiger partial charge is 0.391 e. The van der Waals surface area contributed by atoms with Crippen LogP contribution in [0.3, 0.4) is 0 Å². The van der Waals surface area contributed by atoms with Crippen LogP contribution in [0.25, 0.3) is 21.6 Å². The summed E-state index contributed by atoms with van der Waals surface area (Å²) < 4.78 is 35.1. The summed E-state index contributed by atoms with van der Waals surface area (Å²) in [4.78, 5) is 5.17. The molecule has 10 heteroatoms. The first-order valence-corrected chi connectivity index (χ1v) is 11.8. The second-order valence-corrected chi connectivity index (χ2v) is 10.5. The van der Waals surface area contributed by atoms with Gasteiger partial charge in [-0.2, -0.15) is 0 Å². The summed E-state index contributed by atoms with van der Waals surface area (Å²) in [5.41, 5.74) is 2.10. The molecule has 0 amide bonds. The Morgan fingerprint density at radius 3 is 2.76 bits per heavy atom. The maximum atomic E-state index is 13.1. The fourth-order valence-corrected chi connectivity index (χ4v) is 6.33. The smallest absolute Gasteiger partial charge is 0.273 e. The monoisotopic (exact) mass is 449 g/mol. The molecule has 0 unspecified atom stereocenters. The third-order valence-corrected chi connectivity index (χ3v) is 8.68. The van der Waals surface area contributed by atoms with Gasteiger partial charge < -0.3 is 14.4 Å². The lowest BCUT2D eigenvalue weighted by atomic mass is 10.2. The van der Waals surface area contributed by atoms with Crippen molar-refractivity contribution in [3.8, 4) is 10.7 Å². The Bertz CT molecular complexity index is 1240. The van der Waals surface area contributed by atoms with Gasteiger partial charge in [-0.25, -0.2) is 13.4 Å². The summed E-state index contributed by atoms with van der Waals surface area (Å²) in [5.74, 6) is 0. The summed E-state index contributed by atoms with van der Waals surface area (Å²) in [5, 5.41) is 12.7. The number of thiophene rings is 1. The van der Waals surface area contributed by atoms with Gasteiger partial charge >= 0.3 is 0 Å². The van der Waals surface area contributed by atoms with Gasteiger partial charge in [0, 0.05) is 25.7 Å². The number of para-hydroxylation sites is 1. The second kappa shape index (κ2) is 7.88. The van der Waals surface area contributed by atoms with Crippen molar-refractivity contribution in [1.82, 2.24) is 9.55 Å². The molecule has 3 aromatic heterocycles. The number of ether oxygens (including phenoxy) is 1. The Balaban J connectivity index is 1.92. The summed E-state index contributed by atoms with van der Waals surface area (Å²) in [6, 6.07) is 10.8. The van der Waals surface area contributed by atoms with Crippen molar-refractivity contribution >= 4 is 49.3 Å². The minimum atomic E-state index is -3.68. The number of aliphatic hydroxyl groups is 1. The lowest BCUT2D eigenvalue weighted by molar-refractivity contribution is 0.136. The van der Waals surface area contributed by atoms with Crippen LogP contribution in [0, 0.1) is 0 Å². The molecule has 3 heterocycles. The fraction of sp³-hybridized carbons (Fsp3) is 0.211. The molecular weight excluding hydrogens is 430 g/mol. The Labute approximate surface area is 176 Å². The van der Waals surface area contributed by atoms with Gasteiger partial charge in [-0.1, -0.05) is 18.2 Å². The maximum Gasteiger partial charge on any atom is 0.273 e. The summed E-state index contributed by atoms with van der Waals surface area (Å²) >= 11 is 2.58. The topological polar surface area (TPSA) is 84.7 Å². The highest BCUT2D eigenvalue weighted by atomic mass is 32.2. The zero-order chi connectivity index (χ0) is 20.6. The van der Waals surface area contributed by atoms with Crippen molar-refractivity contribution in [2.45, 2.75) is 17.5 Å². The Morgan fingerprint density at radius 1 is 1.28 bits per heavy atom. The van der Waals surface area contributed by atoms with E-state index in [0.717, 1.165) is 26.5 Å². The molecule has 7 nitrogen and oxygen atoms in total. The van der Waals surface area contributed by atoms with Crippen molar-refractivity contribution < 1.29 is 18.3 Å². The van der Waals surface area contributed by atoms with E-state index in [2.05, 4.69) is 4.98 Å². The zero-order valence-electron chi connectivity index (χ0n) is 15.8. The van der Waals surface area contributed by atoms with E-state index in [1.54, 1.807) is 43.9 Å². The maximum absolute atomic E-state index is 13.1. The number of aliphatic hydroxyl groups excluding tert-OH is 1. The lowest BCUT2D eigenvalue weighted by Gasteiger charge is -2.21. The third-order valence-electron chi connectivity index (χ3n) is 4.53. The lowest BCUT2D eigenvalue weighted by Crippen LogP contribution is -2.26. The molecule has 1 aromatic carbocycles. The van der Waals surface area contributed by atoms with Crippen LogP contribution in [0.1, 0.15) is 4.88 Å². The number of fused-ring (bicyclic) bond motifs is 1. The number of anilines is 1. The van der Waals surface area contributed by atoms with Gasteiger partial charge in [0.15, 0.2) is 0 Å². The van der Waals surface area contributed by atoms with Crippen LogP contribution in [-0.4, -0.2) is 37.2 Å². The van der Waals surface area contributed by atoms with Gasteiger partial charge in [-0.05, 0) is 23.6 Å². The van der Waals surface area contributed by atoms with E-state index in [0.29, 0.717) is 5.69 Å². The Morgan fingerprint density at radius 2 is 2.10 bits per heavy atom. The van der Waals surface area contributed by atoms with E-state index in [9.17, 15) is 13.5 Å². The summed E-state index contributed by atoms with van der Waals surface area (Å²) in [6.45, 7) is 0.159.